The number of carbonyl (C=O) groups is 1. The average Bonchev–Trinajstić information content (AvgIpc) is 3.42. The van der Waals surface area contributed by atoms with Crippen LogP contribution in [0.1, 0.15) is 52.0 Å². The first-order chi connectivity index (χ1) is 16.2. The lowest BCUT2D eigenvalue weighted by atomic mass is 10.0. The fourth-order valence-electron chi connectivity index (χ4n) is 3.70. The lowest BCUT2D eigenvalue weighted by Gasteiger charge is -2.16. The number of carbonyl (C=O) groups excluding carboxylic acids is 1. The van der Waals surface area contributed by atoms with E-state index in [0.29, 0.717) is 29.7 Å². The monoisotopic (exact) mass is 466 g/mol. The maximum absolute atomic E-state index is 14.6. The molecule has 9 heteroatoms. The molecule has 0 aliphatic rings. The second-order valence-corrected chi connectivity index (χ2v) is 8.25. The van der Waals surface area contributed by atoms with E-state index in [1.807, 2.05) is 37.3 Å². The summed E-state index contributed by atoms with van der Waals surface area (Å²) in [6, 6.07) is 11.8. The number of aryl methyl sites for hydroxylation is 2. The Morgan fingerprint density at radius 1 is 1.09 bits per heavy atom. The molecule has 0 saturated heterocycles. The van der Waals surface area contributed by atoms with Crippen LogP contribution in [0, 0.1) is 25.5 Å². The summed E-state index contributed by atoms with van der Waals surface area (Å²) in [5.41, 5.74) is 1.35. The number of nitrogens with zero attached hydrogens (tertiary/aromatic N) is 4. The number of halogens is 2. The van der Waals surface area contributed by atoms with Crippen LogP contribution in [0.3, 0.4) is 0 Å². The number of oxazole rings is 1. The van der Waals surface area contributed by atoms with Crippen molar-refractivity contribution in [2.75, 3.05) is 7.05 Å². The van der Waals surface area contributed by atoms with Crippen LogP contribution in [0.4, 0.5) is 8.78 Å². The Bertz CT molecular complexity index is 1320. The molecular formula is C25H24F2N4O3. The minimum absolute atomic E-state index is 0.0497. The van der Waals surface area contributed by atoms with E-state index in [-0.39, 0.29) is 29.5 Å². The van der Waals surface area contributed by atoms with E-state index in [0.717, 1.165) is 11.6 Å². The molecule has 0 spiro atoms. The van der Waals surface area contributed by atoms with Gasteiger partial charge in [-0.25, -0.2) is 13.8 Å². The molecule has 1 unspecified atom stereocenters. The summed E-state index contributed by atoms with van der Waals surface area (Å²) in [4.78, 5) is 18.5. The quantitative estimate of drug-likeness (QED) is 0.370. The minimum atomic E-state index is -1.18. The largest absolute Gasteiger partial charge is 0.446 e. The predicted octanol–water partition coefficient (Wildman–Crippen LogP) is 5.24. The van der Waals surface area contributed by atoms with Crippen molar-refractivity contribution in [3.8, 4) is 11.5 Å². The molecule has 1 atom stereocenters. The van der Waals surface area contributed by atoms with Gasteiger partial charge in [-0.1, -0.05) is 37.3 Å². The molecule has 0 aliphatic carbocycles. The highest BCUT2D eigenvalue weighted by Crippen LogP contribution is 2.28. The third kappa shape index (κ3) is 4.88. The van der Waals surface area contributed by atoms with E-state index < -0.39 is 17.5 Å². The Kier molecular flexibility index (Phi) is 6.54. The molecular weight excluding hydrogens is 442 g/mol. The van der Waals surface area contributed by atoms with Gasteiger partial charge in [-0.2, -0.15) is 0 Å². The van der Waals surface area contributed by atoms with Crippen LogP contribution in [-0.2, 0) is 13.0 Å². The Hall–Kier alpha value is -3.88. The SMILES string of the molecule is Cc1nc(CN(C)C(=O)c2cc(F)c(F)c(-c3nnc(C(C)Cc4ccccc4)o3)c2)c(C)o1. The van der Waals surface area contributed by atoms with Crippen molar-refractivity contribution in [2.45, 2.75) is 39.7 Å². The molecule has 0 radical (unpaired) electrons. The average molecular weight is 466 g/mol. The summed E-state index contributed by atoms with van der Waals surface area (Å²) in [6.45, 7) is 5.51. The summed E-state index contributed by atoms with van der Waals surface area (Å²) in [6.07, 6.45) is 0.642. The zero-order valence-corrected chi connectivity index (χ0v) is 19.3. The third-order valence-corrected chi connectivity index (χ3v) is 5.49. The molecule has 176 valence electrons. The molecule has 2 aromatic heterocycles. The van der Waals surface area contributed by atoms with E-state index in [2.05, 4.69) is 15.2 Å². The van der Waals surface area contributed by atoms with Gasteiger partial charge in [0.15, 0.2) is 17.5 Å². The lowest BCUT2D eigenvalue weighted by Crippen LogP contribution is -2.27. The van der Waals surface area contributed by atoms with Gasteiger partial charge < -0.3 is 13.7 Å². The molecule has 0 aliphatic heterocycles. The summed E-state index contributed by atoms with van der Waals surface area (Å²) in [5.74, 6) is -1.81. The van der Waals surface area contributed by atoms with Crippen LogP contribution in [0.15, 0.2) is 51.3 Å². The van der Waals surface area contributed by atoms with E-state index in [4.69, 9.17) is 8.83 Å². The first-order valence-corrected chi connectivity index (χ1v) is 10.8. The number of hydrogen-bond donors (Lipinski definition) is 0. The number of rotatable bonds is 7. The summed E-state index contributed by atoms with van der Waals surface area (Å²) < 4.78 is 40.1. The second kappa shape index (κ2) is 9.54. The summed E-state index contributed by atoms with van der Waals surface area (Å²) >= 11 is 0. The second-order valence-electron chi connectivity index (χ2n) is 8.25. The Balaban J connectivity index is 1.57. The fourth-order valence-corrected chi connectivity index (χ4v) is 3.70. The van der Waals surface area contributed by atoms with E-state index in [1.54, 1.807) is 20.9 Å². The van der Waals surface area contributed by atoms with Crippen LogP contribution < -0.4 is 0 Å². The zero-order valence-electron chi connectivity index (χ0n) is 19.3. The van der Waals surface area contributed by atoms with E-state index in [1.165, 1.54) is 11.0 Å². The molecule has 2 heterocycles. The normalized spacial score (nSPS) is 12.1. The molecule has 4 aromatic rings. The van der Waals surface area contributed by atoms with Gasteiger partial charge in [0, 0.05) is 25.5 Å². The van der Waals surface area contributed by atoms with Gasteiger partial charge >= 0.3 is 0 Å². The van der Waals surface area contributed by atoms with Crippen LogP contribution in [0.25, 0.3) is 11.5 Å². The maximum atomic E-state index is 14.6. The van der Waals surface area contributed by atoms with Crippen LogP contribution in [0.5, 0.6) is 0 Å². The minimum Gasteiger partial charge on any atom is -0.446 e. The van der Waals surface area contributed by atoms with Crippen molar-refractivity contribution < 1.29 is 22.4 Å². The smallest absolute Gasteiger partial charge is 0.254 e. The standard InChI is InChI=1S/C25H24F2N4O3/c1-14(10-17-8-6-5-7-9-17)23-29-30-24(34-23)19-11-18(12-20(26)22(19)27)25(32)31(4)13-21-15(2)33-16(3)28-21/h5-9,11-12,14H,10,13H2,1-4H3. The number of amides is 1. The fraction of sp³-hybridized carbons (Fsp3) is 0.280. The van der Waals surface area contributed by atoms with Gasteiger partial charge in [-0.15, -0.1) is 10.2 Å². The van der Waals surface area contributed by atoms with Gasteiger partial charge in [0.1, 0.15) is 11.5 Å². The molecule has 34 heavy (non-hydrogen) atoms. The number of hydrogen-bond acceptors (Lipinski definition) is 6. The molecule has 1 amide bonds. The summed E-state index contributed by atoms with van der Waals surface area (Å²) in [5, 5.41) is 7.92. The van der Waals surface area contributed by atoms with Crippen molar-refractivity contribution in [3.05, 3.63) is 88.5 Å². The van der Waals surface area contributed by atoms with Crippen LogP contribution >= 0.6 is 0 Å². The van der Waals surface area contributed by atoms with Crippen LogP contribution in [-0.4, -0.2) is 33.0 Å². The highest BCUT2D eigenvalue weighted by molar-refractivity contribution is 5.95. The molecule has 4 rings (SSSR count). The molecule has 0 bridgehead atoms. The molecule has 0 N–H and O–H groups in total. The van der Waals surface area contributed by atoms with E-state index >= 15 is 0 Å². The first-order valence-electron chi connectivity index (χ1n) is 10.8. The molecule has 2 aromatic carbocycles. The summed E-state index contributed by atoms with van der Waals surface area (Å²) in [7, 11) is 1.54. The van der Waals surface area contributed by atoms with Gasteiger partial charge in [-0.3, -0.25) is 4.79 Å². The van der Waals surface area contributed by atoms with Gasteiger partial charge in [0.25, 0.3) is 11.8 Å². The van der Waals surface area contributed by atoms with Crippen molar-refractivity contribution in [1.82, 2.24) is 20.1 Å². The third-order valence-electron chi connectivity index (χ3n) is 5.49. The Morgan fingerprint density at radius 3 is 2.50 bits per heavy atom. The van der Waals surface area contributed by atoms with Gasteiger partial charge in [-0.05, 0) is 31.0 Å². The van der Waals surface area contributed by atoms with Crippen molar-refractivity contribution in [2.24, 2.45) is 0 Å². The van der Waals surface area contributed by atoms with Gasteiger partial charge in [0.05, 0.1) is 12.1 Å². The number of benzene rings is 2. The predicted molar refractivity (Wildman–Crippen MR) is 120 cm³/mol. The molecule has 7 nitrogen and oxygen atoms in total. The van der Waals surface area contributed by atoms with Crippen molar-refractivity contribution in [3.63, 3.8) is 0 Å². The number of aromatic nitrogens is 3. The molecule has 0 fully saturated rings. The topological polar surface area (TPSA) is 85.3 Å². The lowest BCUT2D eigenvalue weighted by molar-refractivity contribution is 0.0782. The Morgan fingerprint density at radius 2 is 1.82 bits per heavy atom. The molecule has 0 saturated carbocycles. The Labute approximate surface area is 195 Å². The van der Waals surface area contributed by atoms with Crippen LogP contribution in [0.2, 0.25) is 0 Å². The van der Waals surface area contributed by atoms with Crippen molar-refractivity contribution in [1.29, 1.82) is 0 Å². The first kappa shape index (κ1) is 23.3. The highest BCUT2D eigenvalue weighted by atomic mass is 19.2. The maximum Gasteiger partial charge on any atom is 0.254 e. The van der Waals surface area contributed by atoms with E-state index in [9.17, 15) is 13.6 Å². The van der Waals surface area contributed by atoms with Gasteiger partial charge in [0.2, 0.25) is 5.89 Å². The zero-order chi connectivity index (χ0) is 24.4. The highest BCUT2D eigenvalue weighted by Gasteiger charge is 2.24. The van der Waals surface area contributed by atoms with Crippen molar-refractivity contribution >= 4 is 5.91 Å².